The molecule has 4 amide bonds. The molecule has 0 aliphatic carbocycles. The van der Waals surface area contributed by atoms with E-state index in [1.54, 1.807) is 40.1 Å². The zero-order valence-electron chi connectivity index (χ0n) is 43.4. The van der Waals surface area contributed by atoms with E-state index in [0.717, 1.165) is 76.0 Å². The predicted octanol–water partition coefficient (Wildman–Crippen LogP) is 6.36. The zero-order valence-corrected chi connectivity index (χ0v) is 44.2. The maximum Gasteiger partial charge on any atom is 0.335 e. The van der Waals surface area contributed by atoms with Crippen LogP contribution < -0.4 is 26.6 Å². The van der Waals surface area contributed by atoms with Crippen molar-refractivity contribution in [2.45, 2.75) is 115 Å². The number of aryl methyl sites for hydroxylation is 2. The Morgan fingerprint density at radius 3 is 1.87 bits per heavy atom. The van der Waals surface area contributed by atoms with Crippen LogP contribution >= 0.6 is 0 Å². The van der Waals surface area contributed by atoms with E-state index in [0.29, 0.717) is 57.7 Å². The van der Waals surface area contributed by atoms with Crippen LogP contribution in [-0.2, 0) is 43.7 Å². The fourth-order valence-electron chi connectivity index (χ4n) is 9.83. The number of benzene rings is 4. The van der Waals surface area contributed by atoms with Gasteiger partial charge in [0.05, 0.1) is 36.1 Å². The minimum atomic E-state index is -0.750. The van der Waals surface area contributed by atoms with E-state index in [1.807, 2.05) is 22.2 Å². The van der Waals surface area contributed by atoms with Crippen LogP contribution in [0.3, 0.4) is 0 Å². The summed E-state index contributed by atoms with van der Waals surface area (Å²) in [5.74, 6) is -0.262. The first-order valence-corrected chi connectivity index (χ1v) is 26.5. The van der Waals surface area contributed by atoms with Crippen molar-refractivity contribution >= 4 is 46.5 Å². The van der Waals surface area contributed by atoms with Crippen molar-refractivity contribution in [3.8, 4) is 22.4 Å². The van der Waals surface area contributed by atoms with Gasteiger partial charge in [0.1, 0.15) is 23.7 Å². The summed E-state index contributed by atoms with van der Waals surface area (Å²) in [4.78, 5) is 71.4. The molecule has 75 heavy (non-hydrogen) atoms. The SMILES string of the molecule is CN[C@@H](C)C(=O)N[C@@H](CNCc1ccc(C)cc1)C(=O)N1CCC[C@H]1C1=NC=C(c2ccc(-c3ccc(-c4cnc([C@@H]5CCCN5C(=O)[C@H](CCCc5ccc(F)cc5)NC(=O)[C@H](C)NC)[nH]4)cc3)cc2)C1.O=S=O. The van der Waals surface area contributed by atoms with E-state index in [1.165, 1.54) is 17.7 Å². The van der Waals surface area contributed by atoms with Gasteiger partial charge in [-0.05, 0) is 131 Å². The second-order valence-corrected chi connectivity index (χ2v) is 19.7. The Kier molecular flexibility index (Phi) is 20.1. The van der Waals surface area contributed by atoms with Crippen LogP contribution in [0.1, 0.15) is 92.9 Å². The molecular weight excluding hydrogens is 972 g/mol. The third-order valence-corrected chi connectivity index (χ3v) is 14.5. The lowest BCUT2D eigenvalue weighted by Crippen LogP contribution is -2.57. The molecule has 4 aromatic carbocycles. The number of likely N-dealkylation sites (tertiary alicyclic amines) is 2. The molecule has 396 valence electrons. The summed E-state index contributed by atoms with van der Waals surface area (Å²) in [7, 11) is 3.44. The lowest BCUT2D eigenvalue weighted by molar-refractivity contribution is -0.138. The van der Waals surface area contributed by atoms with Gasteiger partial charge < -0.3 is 41.4 Å². The summed E-state index contributed by atoms with van der Waals surface area (Å²) < 4.78 is 30.1. The Morgan fingerprint density at radius 1 is 0.720 bits per heavy atom. The first kappa shape index (κ1) is 55.8. The van der Waals surface area contributed by atoms with Gasteiger partial charge >= 0.3 is 11.6 Å². The van der Waals surface area contributed by atoms with Gasteiger partial charge in [0, 0.05) is 44.5 Å². The number of carbonyl (C=O) groups is 4. The van der Waals surface area contributed by atoms with Gasteiger partial charge in [0.15, 0.2) is 0 Å². The first-order valence-electron chi connectivity index (χ1n) is 25.8. The van der Waals surface area contributed by atoms with Gasteiger partial charge in [-0.2, -0.15) is 8.42 Å². The van der Waals surface area contributed by atoms with Crippen molar-refractivity contribution in [1.29, 1.82) is 0 Å². The number of allylic oxidation sites excluding steroid dienone is 1. The summed E-state index contributed by atoms with van der Waals surface area (Å²) in [6.45, 7) is 7.67. The quantitative estimate of drug-likeness (QED) is 0.0479. The molecule has 18 heteroatoms. The average Bonchev–Trinajstić information content (AvgIpc) is 4.29. The number of H-pyrrole nitrogens is 1. The average molecular weight is 1040 g/mol. The number of nitrogens with zero attached hydrogens (tertiary/aromatic N) is 4. The van der Waals surface area contributed by atoms with Crippen LogP contribution in [0.5, 0.6) is 0 Å². The van der Waals surface area contributed by atoms with Crippen LogP contribution in [0.4, 0.5) is 4.39 Å². The van der Waals surface area contributed by atoms with E-state index >= 15 is 0 Å². The normalized spacial score (nSPS) is 17.7. The summed E-state index contributed by atoms with van der Waals surface area (Å²) in [6, 6.07) is 28.7. The molecule has 3 aliphatic rings. The zero-order chi connectivity index (χ0) is 53.4. The van der Waals surface area contributed by atoms with Crippen LogP contribution in [0.25, 0.3) is 28.0 Å². The van der Waals surface area contributed by atoms with Crippen molar-refractivity contribution < 1.29 is 32.0 Å². The minimum Gasteiger partial charge on any atom is -0.343 e. The standard InChI is InChI=1S/C57H69FN10O4.O2S/c1-36-13-15-40(16-14-36)32-61-34-50(66-55(70)38(3)60-5)57(72)67-29-7-11-51(67)48-31-45(33-62-48)43-21-19-41(20-22-43)42-23-25-44(26-24-42)49-35-63-53(64-49)52-12-8-30-68(52)56(71)47(65-54(69)37(2)59-4)10-6-9-39-17-27-46(58)28-18-39;1-3-2/h13-28,33,35,37-38,47,50-52,59-61H,6-12,29-32,34H2,1-5H3,(H,63,64)(H,65,69)(H,66,70);/t37-,38-,47-,50-,51-,52-;/m0./s1. The Balaban J connectivity index is 0.00000267. The number of hydrogen-bond acceptors (Lipinski definition) is 11. The molecule has 1 aromatic heterocycles. The lowest BCUT2D eigenvalue weighted by Gasteiger charge is -2.30. The van der Waals surface area contributed by atoms with Crippen molar-refractivity contribution in [3.63, 3.8) is 0 Å². The second kappa shape index (κ2) is 27.0. The highest BCUT2D eigenvalue weighted by molar-refractivity contribution is 7.51. The van der Waals surface area contributed by atoms with Gasteiger partial charge in [-0.1, -0.05) is 90.5 Å². The third kappa shape index (κ3) is 14.7. The van der Waals surface area contributed by atoms with E-state index in [9.17, 15) is 23.6 Å². The molecule has 0 bridgehead atoms. The van der Waals surface area contributed by atoms with E-state index < -0.39 is 35.7 Å². The molecule has 2 saturated heterocycles. The molecular formula is C57H69FN10O6S. The topological polar surface area (TPSA) is 210 Å². The molecule has 5 aromatic rings. The number of halogens is 1. The van der Waals surface area contributed by atoms with Crippen LogP contribution in [-0.4, -0.2) is 121 Å². The molecule has 6 atom stereocenters. The molecule has 0 unspecified atom stereocenters. The number of imidazole rings is 1. The lowest BCUT2D eigenvalue weighted by atomic mass is 9.96. The monoisotopic (exact) mass is 1040 g/mol. The van der Waals surface area contributed by atoms with Crippen molar-refractivity contribution in [2.75, 3.05) is 33.7 Å². The van der Waals surface area contributed by atoms with Crippen LogP contribution in [0.2, 0.25) is 0 Å². The molecule has 4 heterocycles. The Morgan fingerprint density at radius 2 is 1.25 bits per heavy atom. The second-order valence-electron chi connectivity index (χ2n) is 19.5. The molecule has 0 spiro atoms. The number of rotatable bonds is 21. The molecule has 0 radical (unpaired) electrons. The van der Waals surface area contributed by atoms with E-state index in [4.69, 9.17) is 18.4 Å². The highest BCUT2D eigenvalue weighted by Crippen LogP contribution is 2.35. The number of carbonyl (C=O) groups excluding carboxylic acids is 4. The molecule has 8 rings (SSSR count). The predicted molar refractivity (Wildman–Crippen MR) is 290 cm³/mol. The maximum absolute atomic E-state index is 14.2. The van der Waals surface area contributed by atoms with E-state index in [-0.39, 0.29) is 41.5 Å². The van der Waals surface area contributed by atoms with Crippen molar-refractivity contribution in [1.82, 2.24) is 46.4 Å². The molecule has 3 aliphatic heterocycles. The number of nitrogens with one attached hydrogen (secondary N) is 6. The van der Waals surface area contributed by atoms with Crippen molar-refractivity contribution in [3.05, 3.63) is 143 Å². The van der Waals surface area contributed by atoms with E-state index in [2.05, 4.69) is 111 Å². The van der Waals surface area contributed by atoms with Gasteiger partial charge in [-0.25, -0.2) is 9.37 Å². The summed E-state index contributed by atoms with van der Waals surface area (Å²) >= 11 is -0.750. The first-order chi connectivity index (χ1) is 36.3. The molecule has 2 fully saturated rings. The fourth-order valence-corrected chi connectivity index (χ4v) is 9.83. The minimum absolute atomic E-state index is 0.0998. The van der Waals surface area contributed by atoms with Gasteiger partial charge in [-0.3, -0.25) is 24.2 Å². The number of aromatic amines is 1. The van der Waals surface area contributed by atoms with Gasteiger partial charge in [0.2, 0.25) is 23.6 Å². The highest BCUT2D eigenvalue weighted by Gasteiger charge is 2.39. The summed E-state index contributed by atoms with van der Waals surface area (Å²) in [5, 5.41) is 15.4. The smallest absolute Gasteiger partial charge is 0.335 e. The summed E-state index contributed by atoms with van der Waals surface area (Å²) in [6.07, 6.45) is 9.42. The molecule has 6 N–H and O–H groups in total. The van der Waals surface area contributed by atoms with Crippen LogP contribution in [0.15, 0.2) is 114 Å². The Labute approximate surface area is 442 Å². The highest BCUT2D eigenvalue weighted by atomic mass is 32.1. The number of aromatic nitrogens is 2. The number of amides is 4. The Bertz CT molecular complexity index is 2830. The maximum atomic E-state index is 14.2. The molecule has 0 saturated carbocycles. The number of hydrogen-bond donors (Lipinski definition) is 6. The summed E-state index contributed by atoms with van der Waals surface area (Å²) in [5.41, 5.74) is 10.4. The fraction of sp³-hybridized carbons (Fsp3) is 0.404. The molecule has 16 nitrogen and oxygen atoms in total. The largest absolute Gasteiger partial charge is 0.343 e. The van der Waals surface area contributed by atoms with Crippen molar-refractivity contribution in [2.24, 2.45) is 4.99 Å². The van der Waals surface area contributed by atoms with Gasteiger partial charge in [0.25, 0.3) is 0 Å². The Hall–Kier alpha value is -6.99. The third-order valence-electron chi connectivity index (χ3n) is 14.5. The van der Waals surface area contributed by atoms with Crippen LogP contribution in [0, 0.1) is 12.7 Å². The number of aliphatic imine (C=N–C) groups is 1. The van der Waals surface area contributed by atoms with Gasteiger partial charge in [-0.15, -0.1) is 0 Å². The number of likely N-dealkylation sites (N-methyl/N-ethyl adjacent to an activating group) is 2.